The molecule has 1 fully saturated rings. The van der Waals surface area contributed by atoms with Gasteiger partial charge in [0.25, 0.3) is 0 Å². The van der Waals surface area contributed by atoms with E-state index in [9.17, 15) is 10.1 Å². The summed E-state index contributed by atoms with van der Waals surface area (Å²) in [5.41, 5.74) is 3.34. The predicted molar refractivity (Wildman–Crippen MR) is 99.7 cm³/mol. The predicted octanol–water partition coefficient (Wildman–Crippen LogP) is 3.00. The molecule has 1 atom stereocenters. The van der Waals surface area contributed by atoms with Crippen LogP contribution in [0.3, 0.4) is 0 Å². The quantitative estimate of drug-likeness (QED) is 0.614. The third-order valence-corrected chi connectivity index (χ3v) is 4.67. The van der Waals surface area contributed by atoms with Crippen LogP contribution in [0.4, 0.5) is 0 Å². The average molecular weight is 347 g/mol. The van der Waals surface area contributed by atoms with Gasteiger partial charge in [-0.05, 0) is 44.0 Å². The van der Waals surface area contributed by atoms with E-state index in [0.29, 0.717) is 17.9 Å². The van der Waals surface area contributed by atoms with E-state index in [1.165, 1.54) is 6.92 Å². The minimum Gasteiger partial charge on any atom is -0.368 e. The number of nitrogens with zero attached hydrogens (tertiary/aromatic N) is 5. The molecule has 0 aromatic carbocycles. The number of aryl methyl sites for hydroxylation is 1. The largest absolute Gasteiger partial charge is 0.368 e. The summed E-state index contributed by atoms with van der Waals surface area (Å²) >= 11 is 0. The Morgan fingerprint density at radius 3 is 2.92 bits per heavy atom. The highest BCUT2D eigenvalue weighted by molar-refractivity contribution is 6.04. The number of carbonyl (C=O) groups excluding carboxylic acids is 1. The molecule has 0 radical (unpaired) electrons. The van der Waals surface area contributed by atoms with Crippen LogP contribution in [0.1, 0.15) is 36.2 Å². The number of ketones is 1. The summed E-state index contributed by atoms with van der Waals surface area (Å²) in [5.74, 6) is -0.235. The van der Waals surface area contributed by atoms with Crippen molar-refractivity contribution in [1.82, 2.24) is 19.7 Å². The van der Waals surface area contributed by atoms with Crippen molar-refractivity contribution < 1.29 is 4.79 Å². The zero-order valence-electron chi connectivity index (χ0n) is 15.0. The summed E-state index contributed by atoms with van der Waals surface area (Å²) in [6, 6.07) is 6.12. The van der Waals surface area contributed by atoms with Gasteiger partial charge in [-0.25, -0.2) is 0 Å². The number of hydrogen-bond acceptors (Lipinski definition) is 5. The number of rotatable bonds is 5. The number of aromatic nitrogens is 3. The van der Waals surface area contributed by atoms with Gasteiger partial charge in [0.05, 0.1) is 17.4 Å². The highest BCUT2D eigenvalue weighted by Gasteiger charge is 2.30. The lowest BCUT2D eigenvalue weighted by atomic mass is 9.99. The number of allylic oxidation sites excluding steroid dienone is 1. The normalized spacial score (nSPS) is 17.6. The van der Waals surface area contributed by atoms with E-state index in [4.69, 9.17) is 0 Å². The summed E-state index contributed by atoms with van der Waals surface area (Å²) in [7, 11) is 0. The third-order valence-electron chi connectivity index (χ3n) is 4.67. The highest BCUT2D eigenvalue weighted by Crippen LogP contribution is 2.33. The molecular formula is C20H21N5O. The Balaban J connectivity index is 2.08. The van der Waals surface area contributed by atoms with Gasteiger partial charge in [-0.2, -0.15) is 10.4 Å². The number of Topliss-reactive ketones (excluding diaryl/α,β-unsaturated/α-hetero) is 1. The molecule has 0 N–H and O–H groups in total. The summed E-state index contributed by atoms with van der Waals surface area (Å²) in [6.07, 6.45) is 8.03. The molecule has 0 amide bonds. The zero-order valence-corrected chi connectivity index (χ0v) is 15.0. The molecule has 2 aromatic rings. The molecule has 2 aromatic heterocycles. The van der Waals surface area contributed by atoms with E-state index in [1.807, 2.05) is 29.9 Å². The van der Waals surface area contributed by atoms with Crippen LogP contribution in [0, 0.1) is 18.3 Å². The van der Waals surface area contributed by atoms with E-state index in [-0.39, 0.29) is 17.4 Å². The standard InChI is InChI=1S/C20H21N5O/c1-4-16-10-18(14(2)12-22-16)20(19(11-21)15(3)26)24-9-6-17(13-24)25-8-5-7-23-25/h4-5,7-8,10,12,17H,1,6,9,13H2,2-3H3/b20-19+/t17-/m1/s1. The molecule has 0 aliphatic carbocycles. The lowest BCUT2D eigenvalue weighted by molar-refractivity contribution is -0.113. The van der Waals surface area contributed by atoms with Crippen LogP contribution >= 0.6 is 0 Å². The molecule has 3 rings (SSSR count). The van der Waals surface area contributed by atoms with Gasteiger partial charge < -0.3 is 4.90 Å². The van der Waals surface area contributed by atoms with Crippen molar-refractivity contribution in [2.75, 3.05) is 13.1 Å². The zero-order chi connectivity index (χ0) is 18.7. The minimum absolute atomic E-state index is 0.176. The van der Waals surface area contributed by atoms with Crippen LogP contribution in [-0.4, -0.2) is 38.5 Å². The van der Waals surface area contributed by atoms with Crippen molar-refractivity contribution >= 4 is 17.6 Å². The SMILES string of the molecule is C=Cc1cc(/C(=C(/C#N)C(C)=O)N2CC[C@@H](n3cccn3)C2)c(C)cn1. The molecule has 1 saturated heterocycles. The molecule has 6 heteroatoms. The molecule has 132 valence electrons. The van der Waals surface area contributed by atoms with Crippen molar-refractivity contribution in [2.45, 2.75) is 26.3 Å². The van der Waals surface area contributed by atoms with Crippen molar-refractivity contribution in [3.05, 3.63) is 59.7 Å². The molecule has 26 heavy (non-hydrogen) atoms. The van der Waals surface area contributed by atoms with E-state index < -0.39 is 0 Å². The Morgan fingerprint density at radius 2 is 2.31 bits per heavy atom. The smallest absolute Gasteiger partial charge is 0.172 e. The fraction of sp³-hybridized carbons (Fsp3) is 0.300. The Labute approximate surface area is 153 Å². The molecular weight excluding hydrogens is 326 g/mol. The first-order valence-corrected chi connectivity index (χ1v) is 8.54. The molecule has 1 aliphatic heterocycles. The summed E-state index contributed by atoms with van der Waals surface area (Å²) in [6.45, 7) is 8.59. The van der Waals surface area contributed by atoms with Gasteiger partial charge in [0.1, 0.15) is 11.6 Å². The van der Waals surface area contributed by atoms with Crippen molar-refractivity contribution in [3.63, 3.8) is 0 Å². The number of carbonyl (C=O) groups is 1. The van der Waals surface area contributed by atoms with E-state index >= 15 is 0 Å². The Bertz CT molecular complexity index is 905. The minimum atomic E-state index is -0.235. The Morgan fingerprint density at radius 1 is 1.50 bits per heavy atom. The maximum absolute atomic E-state index is 12.2. The molecule has 1 aliphatic rings. The van der Waals surface area contributed by atoms with Gasteiger partial charge in [0, 0.05) is 37.2 Å². The van der Waals surface area contributed by atoms with Gasteiger partial charge in [0.2, 0.25) is 0 Å². The van der Waals surface area contributed by atoms with Crippen molar-refractivity contribution in [3.8, 4) is 6.07 Å². The lowest BCUT2D eigenvalue weighted by Crippen LogP contribution is -2.23. The average Bonchev–Trinajstić information content (AvgIpc) is 3.31. The third kappa shape index (κ3) is 3.29. The lowest BCUT2D eigenvalue weighted by Gasteiger charge is -2.25. The topological polar surface area (TPSA) is 74.8 Å². The maximum Gasteiger partial charge on any atom is 0.172 e. The molecule has 0 spiro atoms. The first kappa shape index (κ1) is 17.6. The van der Waals surface area contributed by atoms with Crippen LogP contribution < -0.4 is 0 Å². The first-order chi connectivity index (χ1) is 12.5. The van der Waals surface area contributed by atoms with Crippen LogP contribution in [0.5, 0.6) is 0 Å². The summed E-state index contributed by atoms with van der Waals surface area (Å²) in [5, 5.41) is 14.0. The van der Waals surface area contributed by atoms with Crippen molar-refractivity contribution in [2.24, 2.45) is 0 Å². The summed E-state index contributed by atoms with van der Waals surface area (Å²) in [4.78, 5) is 18.6. The molecule has 0 saturated carbocycles. The van der Waals surface area contributed by atoms with E-state index in [1.54, 1.807) is 18.5 Å². The second-order valence-electron chi connectivity index (χ2n) is 6.39. The Kier molecular flexibility index (Phi) is 4.99. The van der Waals surface area contributed by atoms with Crippen LogP contribution in [0.2, 0.25) is 0 Å². The van der Waals surface area contributed by atoms with Crippen LogP contribution in [0.15, 0.2) is 42.9 Å². The molecule has 0 bridgehead atoms. The van der Waals surface area contributed by atoms with Gasteiger partial charge in [-0.1, -0.05) is 6.58 Å². The number of nitriles is 1. The van der Waals surface area contributed by atoms with Crippen LogP contribution in [-0.2, 0) is 4.79 Å². The van der Waals surface area contributed by atoms with Gasteiger partial charge in [0.15, 0.2) is 5.78 Å². The molecule has 3 heterocycles. The Hall–Kier alpha value is -3.20. The monoisotopic (exact) mass is 347 g/mol. The molecule has 6 nitrogen and oxygen atoms in total. The van der Waals surface area contributed by atoms with Gasteiger partial charge in [-0.3, -0.25) is 14.5 Å². The first-order valence-electron chi connectivity index (χ1n) is 8.54. The van der Waals surface area contributed by atoms with Crippen LogP contribution in [0.25, 0.3) is 11.8 Å². The molecule has 0 unspecified atom stereocenters. The second kappa shape index (κ2) is 7.36. The van der Waals surface area contributed by atoms with Gasteiger partial charge >= 0.3 is 0 Å². The van der Waals surface area contributed by atoms with Crippen molar-refractivity contribution in [1.29, 1.82) is 5.26 Å². The van der Waals surface area contributed by atoms with Gasteiger partial charge in [-0.15, -0.1) is 0 Å². The summed E-state index contributed by atoms with van der Waals surface area (Å²) < 4.78 is 1.94. The fourth-order valence-electron chi connectivity index (χ4n) is 3.33. The number of hydrogen-bond donors (Lipinski definition) is 0. The maximum atomic E-state index is 12.2. The highest BCUT2D eigenvalue weighted by atomic mass is 16.1. The number of likely N-dealkylation sites (tertiary alicyclic amines) is 1. The van der Waals surface area contributed by atoms with E-state index in [2.05, 4.69) is 27.6 Å². The second-order valence-corrected chi connectivity index (χ2v) is 6.39. The fourth-order valence-corrected chi connectivity index (χ4v) is 3.33. The van der Waals surface area contributed by atoms with E-state index in [0.717, 1.165) is 24.1 Å². The number of pyridine rings is 1.